The fourth-order valence-corrected chi connectivity index (χ4v) is 4.39. The van der Waals surface area contributed by atoms with Gasteiger partial charge < -0.3 is 4.90 Å². The summed E-state index contributed by atoms with van der Waals surface area (Å²) in [5.74, 6) is -0.408. The Balaban J connectivity index is 2.08. The van der Waals surface area contributed by atoms with Gasteiger partial charge in [-0.1, -0.05) is 20.8 Å². The maximum Gasteiger partial charge on any atom is 0.227 e. The molecule has 0 N–H and O–H groups in total. The third-order valence-corrected chi connectivity index (χ3v) is 6.23. The quantitative estimate of drug-likeness (QED) is 0.785. The summed E-state index contributed by atoms with van der Waals surface area (Å²) in [6, 6.07) is 4.92. The lowest BCUT2D eigenvalue weighted by Crippen LogP contribution is -2.46. The van der Waals surface area contributed by atoms with Crippen LogP contribution in [0.15, 0.2) is 29.2 Å². The van der Waals surface area contributed by atoms with Crippen LogP contribution in [0.3, 0.4) is 0 Å². The number of rotatable bonds is 2. The van der Waals surface area contributed by atoms with Gasteiger partial charge in [-0.15, -0.1) is 0 Å². The van der Waals surface area contributed by atoms with E-state index in [1.54, 1.807) is 4.90 Å². The minimum absolute atomic E-state index is 0.0464. The Morgan fingerprint density at radius 1 is 1.14 bits per heavy atom. The predicted octanol–water partition coefficient (Wildman–Crippen LogP) is 2.64. The van der Waals surface area contributed by atoms with Gasteiger partial charge >= 0.3 is 0 Å². The molecule has 1 saturated heterocycles. The molecule has 0 atom stereocenters. The normalized spacial score (nSPS) is 17.5. The van der Waals surface area contributed by atoms with E-state index in [9.17, 15) is 17.6 Å². The van der Waals surface area contributed by atoms with Crippen molar-refractivity contribution in [3.8, 4) is 0 Å². The molecule has 1 aromatic rings. The molecule has 122 valence electrons. The van der Waals surface area contributed by atoms with Gasteiger partial charge in [0, 0.05) is 18.5 Å². The molecule has 0 aromatic heterocycles. The zero-order valence-electron chi connectivity index (χ0n) is 13.2. The molecular formula is C16H22FNO3S. The highest BCUT2D eigenvalue weighted by Gasteiger charge is 2.35. The monoisotopic (exact) mass is 327 g/mol. The number of piperidine rings is 1. The number of benzene rings is 1. The molecule has 2 rings (SSSR count). The molecule has 0 radical (unpaired) electrons. The summed E-state index contributed by atoms with van der Waals surface area (Å²) in [5, 5.41) is -0.512. The first-order valence-corrected chi connectivity index (χ1v) is 8.96. The number of hydrogen-bond donors (Lipinski definition) is 0. The van der Waals surface area contributed by atoms with Crippen LogP contribution in [0.4, 0.5) is 4.39 Å². The molecule has 6 heteroatoms. The van der Waals surface area contributed by atoms with Crippen LogP contribution < -0.4 is 0 Å². The summed E-state index contributed by atoms with van der Waals surface area (Å²) < 4.78 is 38.0. The van der Waals surface area contributed by atoms with Crippen molar-refractivity contribution in [2.45, 2.75) is 43.8 Å². The van der Waals surface area contributed by atoms with E-state index in [4.69, 9.17) is 0 Å². The standard InChI is InChI=1S/C16H22FNO3S/c1-16(2,3)15(19)18-10-8-14(9-11-18)22(20,21)13-6-4-12(17)5-7-13/h4-7,14H,8-11H2,1-3H3. The first-order chi connectivity index (χ1) is 10.1. The van der Waals surface area contributed by atoms with Crippen LogP contribution in [-0.2, 0) is 14.6 Å². The summed E-state index contributed by atoms with van der Waals surface area (Å²) in [6.45, 7) is 6.46. The number of hydrogen-bond acceptors (Lipinski definition) is 3. The Labute approximate surface area is 131 Å². The van der Waals surface area contributed by atoms with Gasteiger partial charge in [-0.25, -0.2) is 12.8 Å². The van der Waals surface area contributed by atoms with Crippen LogP contribution in [0.25, 0.3) is 0 Å². The predicted molar refractivity (Wildman–Crippen MR) is 82.6 cm³/mol. The third kappa shape index (κ3) is 3.48. The average molecular weight is 327 g/mol. The van der Waals surface area contributed by atoms with Crippen LogP contribution in [0.5, 0.6) is 0 Å². The second-order valence-corrected chi connectivity index (χ2v) is 8.97. The molecule has 4 nitrogen and oxygen atoms in total. The van der Waals surface area contributed by atoms with E-state index < -0.39 is 26.3 Å². The Morgan fingerprint density at radius 2 is 1.64 bits per heavy atom. The summed E-state index contributed by atoms with van der Waals surface area (Å²) in [6.07, 6.45) is 0.836. The Hall–Kier alpha value is -1.43. The molecule has 0 bridgehead atoms. The fraction of sp³-hybridized carbons (Fsp3) is 0.562. The lowest BCUT2D eigenvalue weighted by Gasteiger charge is -2.35. The van der Waals surface area contributed by atoms with Gasteiger partial charge in [0.15, 0.2) is 9.84 Å². The molecule has 22 heavy (non-hydrogen) atoms. The number of sulfone groups is 1. The van der Waals surface area contributed by atoms with Crippen LogP contribution in [0.2, 0.25) is 0 Å². The summed E-state index contributed by atoms with van der Waals surface area (Å²) in [7, 11) is -3.47. The second-order valence-electron chi connectivity index (χ2n) is 6.74. The molecule has 1 aliphatic heterocycles. The molecule has 1 amide bonds. The van der Waals surface area contributed by atoms with Crippen molar-refractivity contribution in [2.75, 3.05) is 13.1 Å². The van der Waals surface area contributed by atoms with Crippen molar-refractivity contribution >= 4 is 15.7 Å². The zero-order valence-corrected chi connectivity index (χ0v) is 14.0. The highest BCUT2D eigenvalue weighted by Crippen LogP contribution is 2.27. The molecule has 1 heterocycles. The van der Waals surface area contributed by atoms with Gasteiger partial charge in [0.25, 0.3) is 0 Å². The first-order valence-electron chi connectivity index (χ1n) is 7.41. The maximum atomic E-state index is 12.9. The summed E-state index contributed by atoms with van der Waals surface area (Å²) in [4.78, 5) is 14.1. The van der Waals surface area contributed by atoms with Gasteiger partial charge in [0.2, 0.25) is 5.91 Å². The third-order valence-electron chi connectivity index (χ3n) is 3.95. The van der Waals surface area contributed by atoms with E-state index in [0.717, 1.165) is 12.1 Å². The molecule has 1 aromatic carbocycles. The largest absolute Gasteiger partial charge is 0.342 e. The fourth-order valence-electron chi connectivity index (χ4n) is 2.66. The molecular weight excluding hydrogens is 305 g/mol. The van der Waals surface area contributed by atoms with Crippen LogP contribution in [0.1, 0.15) is 33.6 Å². The van der Waals surface area contributed by atoms with E-state index in [2.05, 4.69) is 0 Å². The van der Waals surface area contributed by atoms with E-state index in [-0.39, 0.29) is 10.8 Å². The van der Waals surface area contributed by atoms with Gasteiger partial charge in [-0.05, 0) is 37.1 Å². The van der Waals surface area contributed by atoms with Gasteiger partial charge in [-0.3, -0.25) is 4.79 Å². The second kappa shape index (κ2) is 5.99. The minimum atomic E-state index is -3.47. The van der Waals surface area contributed by atoms with Crippen molar-refractivity contribution in [2.24, 2.45) is 5.41 Å². The van der Waals surface area contributed by atoms with Crippen LogP contribution in [-0.4, -0.2) is 37.6 Å². The van der Waals surface area contributed by atoms with Gasteiger partial charge in [-0.2, -0.15) is 0 Å². The maximum absolute atomic E-state index is 12.9. The van der Waals surface area contributed by atoms with Gasteiger partial charge in [0.05, 0.1) is 10.1 Å². The van der Waals surface area contributed by atoms with Crippen molar-refractivity contribution in [1.29, 1.82) is 0 Å². The Kier molecular flexibility index (Phi) is 4.61. The molecule has 0 spiro atoms. The number of carbonyl (C=O) groups excluding carboxylic acids is 1. The van der Waals surface area contributed by atoms with E-state index >= 15 is 0 Å². The molecule has 0 aliphatic carbocycles. The van der Waals surface area contributed by atoms with Crippen molar-refractivity contribution in [3.63, 3.8) is 0 Å². The first kappa shape index (κ1) is 16.9. The Bertz CT molecular complexity index is 639. The minimum Gasteiger partial charge on any atom is -0.342 e. The lowest BCUT2D eigenvalue weighted by molar-refractivity contribution is -0.140. The number of halogens is 1. The topological polar surface area (TPSA) is 54.5 Å². The SMILES string of the molecule is CC(C)(C)C(=O)N1CCC(S(=O)(=O)c2ccc(F)cc2)CC1. The van der Waals surface area contributed by atoms with E-state index in [0.29, 0.717) is 25.9 Å². The van der Waals surface area contributed by atoms with Gasteiger partial charge in [0.1, 0.15) is 5.82 Å². The smallest absolute Gasteiger partial charge is 0.227 e. The zero-order chi connectivity index (χ0) is 16.5. The van der Waals surface area contributed by atoms with E-state index in [1.807, 2.05) is 20.8 Å². The molecule has 0 unspecified atom stereocenters. The van der Waals surface area contributed by atoms with Crippen molar-refractivity contribution in [3.05, 3.63) is 30.1 Å². The van der Waals surface area contributed by atoms with Crippen molar-refractivity contribution in [1.82, 2.24) is 4.90 Å². The van der Waals surface area contributed by atoms with Crippen molar-refractivity contribution < 1.29 is 17.6 Å². The highest BCUT2D eigenvalue weighted by molar-refractivity contribution is 7.92. The number of amides is 1. The molecule has 0 saturated carbocycles. The lowest BCUT2D eigenvalue weighted by atomic mass is 9.93. The summed E-state index contributed by atoms with van der Waals surface area (Å²) in [5.41, 5.74) is -0.456. The molecule has 1 aliphatic rings. The number of likely N-dealkylation sites (tertiary alicyclic amines) is 1. The number of nitrogens with zero attached hydrogens (tertiary/aromatic N) is 1. The van der Waals surface area contributed by atoms with Crippen LogP contribution in [0, 0.1) is 11.2 Å². The highest BCUT2D eigenvalue weighted by atomic mass is 32.2. The van der Waals surface area contributed by atoms with E-state index in [1.165, 1.54) is 12.1 Å². The average Bonchev–Trinajstić information content (AvgIpc) is 2.46. The summed E-state index contributed by atoms with van der Waals surface area (Å²) >= 11 is 0. The number of carbonyl (C=O) groups is 1. The Morgan fingerprint density at radius 3 is 2.09 bits per heavy atom. The van der Waals surface area contributed by atoms with Crippen LogP contribution >= 0.6 is 0 Å². The molecule has 1 fully saturated rings.